The molecule has 1 fully saturated rings. The molecule has 0 radical (unpaired) electrons. The molecule has 0 saturated carbocycles. The monoisotopic (exact) mass is 574 g/mol. The van der Waals surface area contributed by atoms with E-state index in [2.05, 4.69) is 60.7 Å². The van der Waals surface area contributed by atoms with E-state index in [-0.39, 0.29) is 23.9 Å². The third-order valence-corrected chi connectivity index (χ3v) is 8.37. The standard InChI is InChI=1S/C31H44Cl2N4O2/c1-4-6-10-17-36(3)18-16-29-31(39)37(22-23(5-2)24-11-8-7-9-12-24)19-15-26(35-29)21-34-30(38)25-13-14-27(32)28(33)20-25/h7-9,11-14,20,23,26,29,35H,4-6,10,15-19,21-22H2,1-3H3,(H,34,38). The van der Waals surface area contributed by atoms with Crippen molar-refractivity contribution in [1.29, 1.82) is 0 Å². The van der Waals surface area contributed by atoms with Crippen LogP contribution in [0.25, 0.3) is 0 Å². The summed E-state index contributed by atoms with van der Waals surface area (Å²) < 4.78 is 0. The molecule has 214 valence electrons. The SMILES string of the molecule is CCCCCN(C)CCC1NC(CNC(=O)c2ccc(Cl)c(Cl)c2)CCN(CC(CC)c2ccccc2)C1=O. The summed E-state index contributed by atoms with van der Waals surface area (Å²) in [4.78, 5) is 31.0. The second kappa shape index (κ2) is 16.2. The Balaban J connectivity index is 1.68. The lowest BCUT2D eigenvalue weighted by molar-refractivity contribution is -0.133. The fraction of sp³-hybridized carbons (Fsp3) is 0.548. The zero-order valence-electron chi connectivity index (χ0n) is 23.6. The number of unbranched alkanes of at least 4 members (excludes halogenated alkanes) is 2. The van der Waals surface area contributed by atoms with Gasteiger partial charge in [0.05, 0.1) is 16.1 Å². The quantitative estimate of drug-likeness (QED) is 0.272. The first-order valence-corrected chi connectivity index (χ1v) is 15.1. The van der Waals surface area contributed by atoms with Crippen molar-refractivity contribution in [2.45, 2.75) is 70.4 Å². The van der Waals surface area contributed by atoms with E-state index in [4.69, 9.17) is 23.2 Å². The first kappa shape index (κ1) is 31.4. The van der Waals surface area contributed by atoms with E-state index >= 15 is 0 Å². The van der Waals surface area contributed by atoms with Crippen LogP contribution >= 0.6 is 23.2 Å². The maximum atomic E-state index is 13.8. The van der Waals surface area contributed by atoms with E-state index in [9.17, 15) is 9.59 Å². The van der Waals surface area contributed by atoms with Crippen LogP contribution in [0.15, 0.2) is 48.5 Å². The molecule has 3 unspecified atom stereocenters. The lowest BCUT2D eigenvalue weighted by atomic mass is 9.95. The van der Waals surface area contributed by atoms with Crippen LogP contribution in [0.1, 0.15) is 74.2 Å². The number of nitrogens with zero attached hydrogens (tertiary/aromatic N) is 2. The summed E-state index contributed by atoms with van der Waals surface area (Å²) in [7, 11) is 2.13. The fourth-order valence-corrected chi connectivity index (χ4v) is 5.44. The molecule has 0 aromatic heterocycles. The zero-order chi connectivity index (χ0) is 28.2. The molecule has 0 bridgehead atoms. The molecule has 6 nitrogen and oxygen atoms in total. The third-order valence-electron chi connectivity index (χ3n) is 7.63. The van der Waals surface area contributed by atoms with Gasteiger partial charge in [0.15, 0.2) is 0 Å². The Morgan fingerprint density at radius 1 is 1.10 bits per heavy atom. The summed E-state index contributed by atoms with van der Waals surface area (Å²) in [6.45, 7) is 8.06. The molecule has 39 heavy (non-hydrogen) atoms. The average Bonchev–Trinajstić information content (AvgIpc) is 3.09. The molecular weight excluding hydrogens is 531 g/mol. The Labute approximate surface area is 244 Å². The van der Waals surface area contributed by atoms with Crippen LogP contribution < -0.4 is 10.6 Å². The maximum Gasteiger partial charge on any atom is 0.251 e. The maximum absolute atomic E-state index is 13.8. The Hall–Kier alpha value is -2.12. The Morgan fingerprint density at radius 2 is 1.87 bits per heavy atom. The molecule has 0 aliphatic carbocycles. The molecule has 2 aromatic rings. The van der Waals surface area contributed by atoms with Crippen LogP contribution in [0.3, 0.4) is 0 Å². The number of carbonyl (C=O) groups is 2. The number of hydrogen-bond acceptors (Lipinski definition) is 4. The summed E-state index contributed by atoms with van der Waals surface area (Å²) in [5.41, 5.74) is 1.73. The predicted octanol–water partition coefficient (Wildman–Crippen LogP) is 5.99. The van der Waals surface area contributed by atoms with Gasteiger partial charge in [-0.15, -0.1) is 0 Å². The molecule has 3 atom stereocenters. The molecule has 1 saturated heterocycles. The van der Waals surface area contributed by atoms with Gasteiger partial charge in [0.25, 0.3) is 5.91 Å². The number of halogens is 2. The van der Waals surface area contributed by atoms with Gasteiger partial charge >= 0.3 is 0 Å². The van der Waals surface area contributed by atoms with Crippen molar-refractivity contribution in [2.75, 3.05) is 39.8 Å². The normalized spacial score (nSPS) is 18.7. The fourth-order valence-electron chi connectivity index (χ4n) is 5.14. The second-order valence-corrected chi connectivity index (χ2v) is 11.5. The lowest BCUT2D eigenvalue weighted by Gasteiger charge is -2.29. The molecule has 0 spiro atoms. The highest BCUT2D eigenvalue weighted by Crippen LogP contribution is 2.24. The van der Waals surface area contributed by atoms with Crippen LogP contribution in [0.5, 0.6) is 0 Å². The van der Waals surface area contributed by atoms with Crippen molar-refractivity contribution < 1.29 is 9.59 Å². The van der Waals surface area contributed by atoms with Gasteiger partial charge in [-0.05, 0) is 69.6 Å². The molecule has 2 aromatic carbocycles. The van der Waals surface area contributed by atoms with Crippen LogP contribution in [-0.2, 0) is 4.79 Å². The molecule has 2 N–H and O–H groups in total. The van der Waals surface area contributed by atoms with Gasteiger partial charge in [-0.2, -0.15) is 0 Å². The minimum absolute atomic E-state index is 0.0159. The van der Waals surface area contributed by atoms with Gasteiger partial charge in [-0.1, -0.05) is 80.2 Å². The van der Waals surface area contributed by atoms with Crippen molar-refractivity contribution in [3.8, 4) is 0 Å². The number of benzene rings is 2. The summed E-state index contributed by atoms with van der Waals surface area (Å²) in [6, 6.07) is 15.0. The Morgan fingerprint density at radius 3 is 2.56 bits per heavy atom. The van der Waals surface area contributed by atoms with Crippen molar-refractivity contribution in [3.63, 3.8) is 0 Å². The minimum atomic E-state index is -0.290. The number of nitrogens with one attached hydrogen (secondary N) is 2. The third kappa shape index (κ3) is 9.78. The first-order chi connectivity index (χ1) is 18.8. The van der Waals surface area contributed by atoms with Gasteiger partial charge in [-0.25, -0.2) is 0 Å². The van der Waals surface area contributed by atoms with Crippen molar-refractivity contribution in [3.05, 3.63) is 69.7 Å². The predicted molar refractivity (Wildman–Crippen MR) is 162 cm³/mol. The van der Waals surface area contributed by atoms with Crippen molar-refractivity contribution in [1.82, 2.24) is 20.4 Å². The zero-order valence-corrected chi connectivity index (χ0v) is 25.1. The van der Waals surface area contributed by atoms with Crippen LogP contribution in [-0.4, -0.2) is 73.5 Å². The summed E-state index contributed by atoms with van der Waals surface area (Å²) in [5.74, 6) is 0.244. The topological polar surface area (TPSA) is 64.7 Å². The Bertz CT molecular complexity index is 1050. The van der Waals surface area contributed by atoms with Gasteiger partial charge < -0.3 is 20.4 Å². The van der Waals surface area contributed by atoms with Crippen LogP contribution in [0.2, 0.25) is 10.0 Å². The van der Waals surface area contributed by atoms with E-state index in [1.54, 1.807) is 18.2 Å². The number of hydrogen-bond donors (Lipinski definition) is 2. The highest BCUT2D eigenvalue weighted by Gasteiger charge is 2.32. The first-order valence-electron chi connectivity index (χ1n) is 14.3. The van der Waals surface area contributed by atoms with Crippen molar-refractivity contribution in [2.24, 2.45) is 0 Å². The molecule has 8 heteroatoms. The van der Waals surface area contributed by atoms with E-state index in [0.29, 0.717) is 41.2 Å². The van der Waals surface area contributed by atoms with Gasteiger partial charge in [0, 0.05) is 37.2 Å². The van der Waals surface area contributed by atoms with E-state index in [1.165, 1.54) is 24.8 Å². The van der Waals surface area contributed by atoms with E-state index < -0.39 is 0 Å². The summed E-state index contributed by atoms with van der Waals surface area (Å²) in [5, 5.41) is 7.39. The second-order valence-electron chi connectivity index (χ2n) is 10.6. The smallest absolute Gasteiger partial charge is 0.251 e. The lowest BCUT2D eigenvalue weighted by Crippen LogP contribution is -2.50. The van der Waals surface area contributed by atoms with Gasteiger partial charge in [-0.3, -0.25) is 9.59 Å². The largest absolute Gasteiger partial charge is 0.350 e. The molecule has 2 amide bonds. The number of carbonyl (C=O) groups excluding carboxylic acids is 2. The number of rotatable bonds is 14. The molecule has 1 aliphatic heterocycles. The molecule has 1 heterocycles. The van der Waals surface area contributed by atoms with Gasteiger partial charge in [0.1, 0.15) is 0 Å². The summed E-state index contributed by atoms with van der Waals surface area (Å²) in [6.07, 6.45) is 6.05. The van der Waals surface area contributed by atoms with Crippen molar-refractivity contribution >= 4 is 35.0 Å². The molecule has 1 aliphatic rings. The highest BCUT2D eigenvalue weighted by molar-refractivity contribution is 6.42. The van der Waals surface area contributed by atoms with E-state index in [0.717, 1.165) is 32.4 Å². The average molecular weight is 576 g/mol. The highest BCUT2D eigenvalue weighted by atomic mass is 35.5. The number of amides is 2. The molecular formula is C31H44Cl2N4O2. The van der Waals surface area contributed by atoms with Crippen LogP contribution in [0.4, 0.5) is 0 Å². The Kier molecular flexibility index (Phi) is 13.1. The minimum Gasteiger partial charge on any atom is -0.350 e. The van der Waals surface area contributed by atoms with Gasteiger partial charge in [0.2, 0.25) is 5.91 Å². The van der Waals surface area contributed by atoms with E-state index in [1.807, 2.05) is 11.0 Å². The summed E-state index contributed by atoms with van der Waals surface area (Å²) >= 11 is 12.1. The molecule has 3 rings (SSSR count). The van der Waals surface area contributed by atoms with Crippen LogP contribution in [0, 0.1) is 0 Å².